The molecule has 2 aromatic rings. The number of nitrogens with zero attached hydrogens (tertiary/aromatic N) is 3. The molecule has 2 aromatic carbocycles. The largest absolute Gasteiger partial charge is 0.460 e. The first-order chi connectivity index (χ1) is 13.4. The van der Waals surface area contributed by atoms with Crippen molar-refractivity contribution < 1.29 is 22.7 Å². The third kappa shape index (κ3) is 3.00. The molecule has 5 nitrogen and oxygen atoms in total. The highest BCUT2D eigenvalue weighted by Gasteiger charge is 2.41. The number of esters is 1. The van der Waals surface area contributed by atoms with Crippen molar-refractivity contribution in [2.45, 2.75) is 19.3 Å². The number of anilines is 2. The van der Waals surface area contributed by atoms with Crippen LogP contribution in [0.4, 0.5) is 24.5 Å². The summed E-state index contributed by atoms with van der Waals surface area (Å²) in [4.78, 5) is 14.2. The van der Waals surface area contributed by atoms with E-state index in [9.17, 15) is 18.0 Å². The molecule has 144 valence electrons. The second-order valence-electron chi connectivity index (χ2n) is 6.24. The van der Waals surface area contributed by atoms with Crippen molar-refractivity contribution in [1.29, 1.82) is 0 Å². The number of benzene rings is 2. The SMILES string of the molecule is CCOC(=O)C1=NN(c2cccc(C(F)(F)F)c2)C2C=Cc3ccccc3N12. The lowest BCUT2D eigenvalue weighted by atomic mass is 10.1. The summed E-state index contributed by atoms with van der Waals surface area (Å²) in [6.07, 6.45) is -1.39. The van der Waals surface area contributed by atoms with Gasteiger partial charge in [-0.15, -0.1) is 5.10 Å². The Balaban J connectivity index is 1.81. The third-order valence-corrected chi connectivity index (χ3v) is 4.49. The van der Waals surface area contributed by atoms with Gasteiger partial charge in [-0.2, -0.15) is 13.2 Å². The summed E-state index contributed by atoms with van der Waals surface area (Å²) < 4.78 is 44.5. The van der Waals surface area contributed by atoms with Gasteiger partial charge in [-0.05, 0) is 42.8 Å². The molecule has 0 saturated heterocycles. The summed E-state index contributed by atoms with van der Waals surface area (Å²) in [5.41, 5.74) is 1.06. The third-order valence-electron chi connectivity index (χ3n) is 4.49. The first-order valence-electron chi connectivity index (χ1n) is 8.69. The van der Waals surface area contributed by atoms with Crippen molar-refractivity contribution in [3.8, 4) is 0 Å². The van der Waals surface area contributed by atoms with Gasteiger partial charge in [0.2, 0.25) is 5.84 Å². The lowest BCUT2D eigenvalue weighted by Gasteiger charge is -2.33. The highest BCUT2D eigenvalue weighted by molar-refractivity contribution is 6.42. The maximum Gasteiger partial charge on any atom is 0.416 e. The molecule has 4 rings (SSSR count). The number of halogens is 3. The molecule has 0 saturated carbocycles. The Kier molecular flexibility index (Phi) is 4.33. The average molecular weight is 387 g/mol. The van der Waals surface area contributed by atoms with Gasteiger partial charge in [0.1, 0.15) is 6.17 Å². The molecule has 0 radical (unpaired) electrons. The summed E-state index contributed by atoms with van der Waals surface area (Å²) in [5, 5.41) is 5.72. The number of hydrogen-bond acceptors (Lipinski definition) is 5. The van der Waals surface area contributed by atoms with Crippen LogP contribution in [0, 0.1) is 0 Å². The molecule has 0 amide bonds. The molecule has 28 heavy (non-hydrogen) atoms. The van der Waals surface area contributed by atoms with Gasteiger partial charge < -0.3 is 4.74 Å². The Labute approximate surface area is 159 Å². The number of carbonyl (C=O) groups excluding carboxylic acids is 1. The maximum atomic E-state index is 13.1. The molecule has 0 N–H and O–H groups in total. The van der Waals surface area contributed by atoms with E-state index in [1.165, 1.54) is 17.1 Å². The minimum absolute atomic E-state index is 0.0288. The predicted octanol–water partition coefficient (Wildman–Crippen LogP) is 4.26. The van der Waals surface area contributed by atoms with Crippen molar-refractivity contribution in [2.24, 2.45) is 5.10 Å². The molecule has 2 aliphatic heterocycles. The molecule has 0 aromatic heterocycles. The molecule has 1 atom stereocenters. The van der Waals surface area contributed by atoms with Gasteiger partial charge in [-0.3, -0.25) is 4.90 Å². The Hall–Kier alpha value is -3.29. The van der Waals surface area contributed by atoms with E-state index in [4.69, 9.17) is 4.74 Å². The zero-order valence-corrected chi connectivity index (χ0v) is 14.8. The van der Waals surface area contributed by atoms with Crippen molar-refractivity contribution in [3.63, 3.8) is 0 Å². The monoisotopic (exact) mass is 387 g/mol. The molecule has 2 heterocycles. The Morgan fingerprint density at radius 2 is 1.96 bits per heavy atom. The predicted molar refractivity (Wildman–Crippen MR) is 99.7 cm³/mol. The van der Waals surface area contributed by atoms with Crippen LogP contribution in [0.2, 0.25) is 0 Å². The second-order valence-corrected chi connectivity index (χ2v) is 6.24. The minimum Gasteiger partial charge on any atom is -0.460 e. The summed E-state index contributed by atoms with van der Waals surface area (Å²) in [6.45, 7) is 1.84. The van der Waals surface area contributed by atoms with E-state index in [1.807, 2.05) is 30.3 Å². The lowest BCUT2D eigenvalue weighted by molar-refractivity contribution is -0.137. The number of amidine groups is 1. The fourth-order valence-corrected chi connectivity index (χ4v) is 3.28. The van der Waals surface area contributed by atoms with Gasteiger partial charge in [-0.25, -0.2) is 9.80 Å². The van der Waals surface area contributed by atoms with E-state index in [0.29, 0.717) is 0 Å². The van der Waals surface area contributed by atoms with E-state index >= 15 is 0 Å². The number of fused-ring (bicyclic) bond motifs is 3. The number of carbonyl (C=O) groups is 1. The molecular weight excluding hydrogens is 371 g/mol. The van der Waals surface area contributed by atoms with Crippen molar-refractivity contribution >= 4 is 29.3 Å². The normalized spacial score (nSPS) is 17.9. The summed E-state index contributed by atoms with van der Waals surface area (Å²) in [7, 11) is 0. The van der Waals surface area contributed by atoms with Crippen LogP contribution >= 0.6 is 0 Å². The van der Waals surface area contributed by atoms with Crippen LogP contribution in [-0.4, -0.2) is 24.6 Å². The zero-order valence-electron chi connectivity index (χ0n) is 14.8. The van der Waals surface area contributed by atoms with E-state index < -0.39 is 23.9 Å². The quantitative estimate of drug-likeness (QED) is 0.739. The van der Waals surface area contributed by atoms with Crippen LogP contribution in [0.25, 0.3) is 6.08 Å². The maximum absolute atomic E-state index is 13.1. The van der Waals surface area contributed by atoms with Crippen LogP contribution in [0.5, 0.6) is 0 Å². The van der Waals surface area contributed by atoms with E-state index in [0.717, 1.165) is 23.4 Å². The Morgan fingerprint density at radius 3 is 2.71 bits per heavy atom. The van der Waals surface area contributed by atoms with E-state index in [-0.39, 0.29) is 18.1 Å². The minimum atomic E-state index is -4.47. The van der Waals surface area contributed by atoms with E-state index in [2.05, 4.69) is 5.10 Å². The molecule has 2 aliphatic rings. The van der Waals surface area contributed by atoms with Gasteiger partial charge in [-0.1, -0.05) is 30.3 Å². The summed E-state index contributed by atoms with van der Waals surface area (Å²) >= 11 is 0. The smallest absolute Gasteiger partial charge is 0.416 e. The van der Waals surface area contributed by atoms with Crippen molar-refractivity contribution in [2.75, 3.05) is 16.5 Å². The molecule has 0 fully saturated rings. The van der Waals surface area contributed by atoms with Crippen molar-refractivity contribution in [1.82, 2.24) is 0 Å². The van der Waals surface area contributed by atoms with Crippen LogP contribution in [0.1, 0.15) is 18.1 Å². The number of hydrazone groups is 1. The number of ether oxygens (including phenoxy) is 1. The first-order valence-corrected chi connectivity index (χ1v) is 8.69. The second kappa shape index (κ2) is 6.70. The highest BCUT2D eigenvalue weighted by Crippen LogP contribution is 2.38. The standard InChI is InChI=1S/C20H16F3N3O2/c1-2-28-19(27)18-24-26(15-8-5-7-14(12-15)20(21,22)23)17-11-10-13-6-3-4-9-16(13)25(17)18/h3-12,17H,2H2,1H3. The van der Waals surface area contributed by atoms with E-state index in [1.54, 1.807) is 17.9 Å². The number of para-hydroxylation sites is 1. The van der Waals surface area contributed by atoms with Gasteiger partial charge >= 0.3 is 12.1 Å². The molecular formula is C20H16F3N3O2. The summed E-state index contributed by atoms with van der Waals surface area (Å²) in [5.74, 6) is -0.604. The van der Waals surface area contributed by atoms with Crippen LogP contribution in [0.3, 0.4) is 0 Å². The fraction of sp³-hybridized carbons (Fsp3) is 0.200. The zero-order chi connectivity index (χ0) is 19.9. The molecule has 8 heteroatoms. The first kappa shape index (κ1) is 18.1. The van der Waals surface area contributed by atoms with Crippen LogP contribution < -0.4 is 9.91 Å². The number of rotatable bonds is 3. The lowest BCUT2D eigenvalue weighted by Crippen LogP contribution is -2.45. The molecule has 0 spiro atoms. The van der Waals surface area contributed by atoms with Gasteiger partial charge in [0, 0.05) is 0 Å². The number of alkyl halides is 3. The number of hydrogen-bond donors (Lipinski definition) is 0. The Morgan fingerprint density at radius 1 is 1.18 bits per heavy atom. The van der Waals surface area contributed by atoms with Crippen molar-refractivity contribution in [3.05, 3.63) is 65.7 Å². The Bertz CT molecular complexity index is 985. The summed E-state index contributed by atoms with van der Waals surface area (Å²) in [6, 6.07) is 12.3. The molecule has 0 bridgehead atoms. The topological polar surface area (TPSA) is 45.1 Å². The highest BCUT2D eigenvalue weighted by atomic mass is 19.4. The molecule has 1 unspecified atom stereocenters. The van der Waals surface area contributed by atoms with Gasteiger partial charge in [0.15, 0.2) is 0 Å². The van der Waals surface area contributed by atoms with Crippen LogP contribution in [0.15, 0.2) is 59.7 Å². The average Bonchev–Trinajstić information content (AvgIpc) is 3.08. The fourth-order valence-electron chi connectivity index (χ4n) is 3.28. The van der Waals surface area contributed by atoms with Gasteiger partial charge in [0.25, 0.3) is 0 Å². The van der Waals surface area contributed by atoms with Crippen LogP contribution in [-0.2, 0) is 15.7 Å². The van der Waals surface area contributed by atoms with Gasteiger partial charge in [0.05, 0.1) is 23.5 Å². The molecule has 0 aliphatic carbocycles.